The molecule has 6 heteroatoms. The van der Waals surface area contributed by atoms with Crippen molar-refractivity contribution in [3.63, 3.8) is 0 Å². The van der Waals surface area contributed by atoms with E-state index in [1.807, 2.05) is 60.8 Å². The van der Waals surface area contributed by atoms with Gasteiger partial charge in [0.2, 0.25) is 5.91 Å². The molecule has 0 aliphatic heterocycles. The van der Waals surface area contributed by atoms with Gasteiger partial charge in [-0.15, -0.1) is 11.3 Å². The molecule has 136 valence electrons. The second kappa shape index (κ2) is 7.25. The molecular weight excluding hydrogens is 360 g/mol. The molecule has 0 fully saturated rings. The van der Waals surface area contributed by atoms with E-state index in [1.54, 1.807) is 7.11 Å². The molecule has 0 atom stereocenters. The summed E-state index contributed by atoms with van der Waals surface area (Å²) in [5.74, 6) is 1.40. The summed E-state index contributed by atoms with van der Waals surface area (Å²) >= 11 is 1.38. The number of nitrogens with zero attached hydrogens (tertiary/aromatic N) is 1. The third-order valence-electron chi connectivity index (χ3n) is 4.25. The minimum Gasteiger partial charge on any atom is -0.496 e. The van der Waals surface area contributed by atoms with Crippen LogP contribution in [-0.2, 0) is 11.2 Å². The first kappa shape index (κ1) is 17.3. The Morgan fingerprint density at radius 1 is 1.22 bits per heavy atom. The van der Waals surface area contributed by atoms with Gasteiger partial charge in [-0.25, -0.2) is 4.98 Å². The van der Waals surface area contributed by atoms with E-state index < -0.39 is 0 Å². The first-order valence-electron chi connectivity index (χ1n) is 8.50. The predicted molar refractivity (Wildman–Crippen MR) is 107 cm³/mol. The molecule has 2 aromatic carbocycles. The zero-order valence-corrected chi connectivity index (χ0v) is 15.8. The highest BCUT2D eigenvalue weighted by Gasteiger charge is 2.12. The lowest BCUT2D eigenvalue weighted by atomic mass is 10.1. The van der Waals surface area contributed by atoms with Crippen LogP contribution in [0.3, 0.4) is 0 Å². The average Bonchev–Trinajstić information content (AvgIpc) is 3.28. The van der Waals surface area contributed by atoms with Gasteiger partial charge in [-0.05, 0) is 36.2 Å². The largest absolute Gasteiger partial charge is 0.496 e. The van der Waals surface area contributed by atoms with E-state index in [-0.39, 0.29) is 12.3 Å². The minimum absolute atomic E-state index is 0.106. The van der Waals surface area contributed by atoms with Gasteiger partial charge >= 0.3 is 0 Å². The molecule has 27 heavy (non-hydrogen) atoms. The fourth-order valence-electron chi connectivity index (χ4n) is 2.95. The second-order valence-electron chi connectivity index (χ2n) is 6.22. The minimum atomic E-state index is -0.106. The van der Waals surface area contributed by atoms with Crippen molar-refractivity contribution in [2.45, 2.75) is 13.3 Å². The highest BCUT2D eigenvalue weighted by molar-refractivity contribution is 7.14. The van der Waals surface area contributed by atoms with Crippen molar-refractivity contribution in [3.05, 3.63) is 65.0 Å². The van der Waals surface area contributed by atoms with E-state index in [0.717, 1.165) is 27.8 Å². The zero-order valence-electron chi connectivity index (χ0n) is 15.0. The molecule has 0 radical (unpaired) electrons. The molecule has 4 rings (SSSR count). The van der Waals surface area contributed by atoms with Gasteiger partial charge < -0.3 is 14.5 Å². The monoisotopic (exact) mass is 378 g/mol. The van der Waals surface area contributed by atoms with Crippen LogP contribution < -0.4 is 10.1 Å². The number of carbonyl (C=O) groups excluding carboxylic acids is 1. The van der Waals surface area contributed by atoms with Crippen LogP contribution in [0, 0.1) is 6.92 Å². The van der Waals surface area contributed by atoms with Crippen molar-refractivity contribution in [2.75, 3.05) is 12.4 Å². The first-order valence-corrected chi connectivity index (χ1v) is 9.38. The molecular formula is C21H18N2O3S. The maximum absolute atomic E-state index is 12.3. The lowest BCUT2D eigenvalue weighted by Gasteiger charge is -2.07. The molecule has 1 N–H and O–H groups in total. The van der Waals surface area contributed by atoms with Gasteiger partial charge in [0.15, 0.2) is 10.9 Å². The maximum Gasteiger partial charge on any atom is 0.230 e. The summed E-state index contributed by atoms with van der Waals surface area (Å²) in [5, 5.41) is 6.32. The van der Waals surface area contributed by atoms with E-state index >= 15 is 0 Å². The van der Waals surface area contributed by atoms with Gasteiger partial charge in [0, 0.05) is 10.8 Å². The van der Waals surface area contributed by atoms with Crippen molar-refractivity contribution in [1.29, 1.82) is 0 Å². The Labute approximate surface area is 160 Å². The van der Waals surface area contributed by atoms with Crippen molar-refractivity contribution >= 4 is 33.3 Å². The number of aromatic nitrogens is 1. The summed E-state index contributed by atoms with van der Waals surface area (Å²) in [4.78, 5) is 16.8. The number of anilines is 1. The van der Waals surface area contributed by atoms with Crippen LogP contribution in [0.2, 0.25) is 0 Å². The summed E-state index contributed by atoms with van der Waals surface area (Å²) < 4.78 is 11.1. The Morgan fingerprint density at radius 3 is 2.85 bits per heavy atom. The number of hydrogen-bond acceptors (Lipinski definition) is 5. The number of nitrogens with one attached hydrogen (secondary N) is 1. The van der Waals surface area contributed by atoms with Crippen LogP contribution in [0.5, 0.6) is 5.75 Å². The fraction of sp³-hybridized carbons (Fsp3) is 0.143. The Balaban J connectivity index is 1.45. The predicted octanol–water partition coefficient (Wildman–Crippen LogP) is 5.05. The number of para-hydroxylation sites is 1. The molecule has 1 amide bonds. The van der Waals surface area contributed by atoms with Crippen LogP contribution in [0.4, 0.5) is 5.13 Å². The summed E-state index contributed by atoms with van der Waals surface area (Å²) in [6, 6.07) is 15.5. The van der Waals surface area contributed by atoms with Gasteiger partial charge in [0.05, 0.1) is 13.5 Å². The van der Waals surface area contributed by atoms with Crippen molar-refractivity contribution < 1.29 is 13.9 Å². The number of ether oxygens (including phenoxy) is 1. The zero-order chi connectivity index (χ0) is 18.8. The van der Waals surface area contributed by atoms with Crippen LogP contribution in [0.25, 0.3) is 22.4 Å². The molecule has 2 heterocycles. The number of fused-ring (bicyclic) bond motifs is 1. The molecule has 0 saturated heterocycles. The van der Waals surface area contributed by atoms with Crippen molar-refractivity contribution in [2.24, 2.45) is 0 Å². The maximum atomic E-state index is 12.3. The van der Waals surface area contributed by atoms with Crippen molar-refractivity contribution in [1.82, 2.24) is 4.98 Å². The molecule has 4 aromatic rings. The van der Waals surface area contributed by atoms with Gasteiger partial charge in [-0.3, -0.25) is 4.79 Å². The number of rotatable bonds is 5. The van der Waals surface area contributed by atoms with Gasteiger partial charge in [0.1, 0.15) is 17.0 Å². The Morgan fingerprint density at radius 2 is 2.07 bits per heavy atom. The second-order valence-corrected chi connectivity index (χ2v) is 7.07. The third kappa shape index (κ3) is 3.71. The molecule has 0 aliphatic carbocycles. The number of methoxy groups -OCH3 is 1. The van der Waals surface area contributed by atoms with Crippen molar-refractivity contribution in [3.8, 4) is 17.2 Å². The molecule has 2 aromatic heterocycles. The Hall–Kier alpha value is -3.12. The van der Waals surface area contributed by atoms with E-state index in [4.69, 9.17) is 9.15 Å². The van der Waals surface area contributed by atoms with Crippen LogP contribution >= 0.6 is 11.3 Å². The van der Waals surface area contributed by atoms with Gasteiger partial charge in [0.25, 0.3) is 0 Å². The molecule has 0 unspecified atom stereocenters. The Kier molecular flexibility index (Phi) is 4.64. The standard InChI is InChI=1S/C21H18N2O3S/c1-13-9-14(7-8-17(13)25-2)10-20(24)23-21-22-16(12-27-21)19-11-15-5-3-4-6-18(15)26-19/h3-9,11-12H,10H2,1-2H3,(H,22,23,24). The lowest BCUT2D eigenvalue weighted by Crippen LogP contribution is -2.14. The highest BCUT2D eigenvalue weighted by atomic mass is 32.1. The number of benzene rings is 2. The smallest absolute Gasteiger partial charge is 0.230 e. The quantitative estimate of drug-likeness (QED) is 0.527. The van der Waals surface area contributed by atoms with Crippen LogP contribution in [-0.4, -0.2) is 18.0 Å². The van der Waals surface area contributed by atoms with E-state index in [0.29, 0.717) is 16.6 Å². The lowest BCUT2D eigenvalue weighted by molar-refractivity contribution is -0.115. The van der Waals surface area contributed by atoms with Gasteiger partial charge in [-0.1, -0.05) is 30.3 Å². The van der Waals surface area contributed by atoms with Gasteiger partial charge in [-0.2, -0.15) is 0 Å². The van der Waals surface area contributed by atoms with E-state index in [1.165, 1.54) is 11.3 Å². The van der Waals surface area contributed by atoms with E-state index in [2.05, 4.69) is 10.3 Å². The molecule has 0 aliphatic rings. The molecule has 0 spiro atoms. The normalized spacial score (nSPS) is 10.9. The number of aryl methyl sites for hydroxylation is 1. The number of carbonyl (C=O) groups is 1. The first-order chi connectivity index (χ1) is 13.1. The molecule has 0 bridgehead atoms. The summed E-state index contributed by atoms with van der Waals surface area (Å²) in [5.41, 5.74) is 3.47. The summed E-state index contributed by atoms with van der Waals surface area (Å²) in [6.45, 7) is 1.96. The topological polar surface area (TPSA) is 64.4 Å². The number of thiazole rings is 1. The highest BCUT2D eigenvalue weighted by Crippen LogP contribution is 2.30. The SMILES string of the molecule is COc1ccc(CC(=O)Nc2nc(-c3cc4ccccc4o3)cs2)cc1C. The number of hydrogen-bond donors (Lipinski definition) is 1. The van der Waals surface area contributed by atoms with Crippen LogP contribution in [0.15, 0.2) is 58.3 Å². The van der Waals surface area contributed by atoms with E-state index in [9.17, 15) is 4.79 Å². The number of furan rings is 1. The number of amides is 1. The third-order valence-corrected chi connectivity index (χ3v) is 5.01. The summed E-state index contributed by atoms with van der Waals surface area (Å²) in [6.07, 6.45) is 0.282. The average molecular weight is 378 g/mol. The molecule has 5 nitrogen and oxygen atoms in total. The molecule has 0 saturated carbocycles. The fourth-order valence-corrected chi connectivity index (χ4v) is 3.67. The summed E-state index contributed by atoms with van der Waals surface area (Å²) in [7, 11) is 1.64. The van der Waals surface area contributed by atoms with Crippen LogP contribution in [0.1, 0.15) is 11.1 Å². The Bertz CT molecular complexity index is 1080.